The largest absolute Gasteiger partial charge is 0.362 e. The van der Waals surface area contributed by atoms with E-state index in [-0.39, 0.29) is 23.3 Å². The Morgan fingerprint density at radius 2 is 2.03 bits per heavy atom. The van der Waals surface area contributed by atoms with Gasteiger partial charge in [0.25, 0.3) is 5.91 Å². The molecule has 0 unspecified atom stereocenters. The average Bonchev–Trinajstić information content (AvgIpc) is 3.29. The summed E-state index contributed by atoms with van der Waals surface area (Å²) in [6.45, 7) is 11.2. The van der Waals surface area contributed by atoms with Crippen LogP contribution in [0.15, 0.2) is 30.9 Å². The molecule has 0 aliphatic carbocycles. The number of hydrogen-bond donors (Lipinski definition) is 3. The summed E-state index contributed by atoms with van der Waals surface area (Å²) in [6, 6.07) is 5.63. The van der Waals surface area contributed by atoms with Crippen molar-refractivity contribution in [1.29, 1.82) is 0 Å². The molecule has 0 saturated carbocycles. The number of nitrogens with zero attached hydrogens (tertiary/aromatic N) is 4. The van der Waals surface area contributed by atoms with Crippen LogP contribution in [0.4, 0.5) is 5.82 Å². The van der Waals surface area contributed by atoms with Crippen LogP contribution in [0.2, 0.25) is 5.02 Å². The van der Waals surface area contributed by atoms with Gasteiger partial charge in [-0.05, 0) is 35.3 Å². The lowest BCUT2D eigenvalue weighted by Gasteiger charge is -2.38. The topological polar surface area (TPSA) is 108 Å². The fourth-order valence-corrected chi connectivity index (χ4v) is 4.33. The van der Waals surface area contributed by atoms with E-state index in [0.29, 0.717) is 41.9 Å². The molecule has 10 heteroatoms. The van der Waals surface area contributed by atoms with Crippen molar-refractivity contribution in [2.75, 3.05) is 18.4 Å². The van der Waals surface area contributed by atoms with Gasteiger partial charge in [-0.15, -0.1) is 0 Å². The lowest BCUT2D eigenvalue weighted by molar-refractivity contribution is -0.130. The smallest absolute Gasteiger partial charge is 0.269 e. The molecule has 9 nitrogen and oxygen atoms in total. The van der Waals surface area contributed by atoms with Crippen molar-refractivity contribution in [3.8, 4) is 0 Å². The van der Waals surface area contributed by atoms with Crippen LogP contribution in [0.5, 0.6) is 0 Å². The Bertz CT molecular complexity index is 1230. The van der Waals surface area contributed by atoms with E-state index in [2.05, 4.69) is 59.3 Å². The monoisotopic (exact) mass is 469 g/mol. The highest BCUT2D eigenvalue weighted by molar-refractivity contribution is 6.32. The molecule has 1 aromatic carbocycles. The number of anilines is 1. The van der Waals surface area contributed by atoms with Crippen LogP contribution in [-0.4, -0.2) is 55.8 Å². The number of carbonyl (C=O) groups is 2. The van der Waals surface area contributed by atoms with Crippen LogP contribution in [0, 0.1) is 0 Å². The molecule has 2 aromatic heterocycles. The van der Waals surface area contributed by atoms with E-state index in [1.165, 1.54) is 6.08 Å². The SMILES string of the molecule is C=CC(=O)N1CC(NC(=O)c2cc(CNc3n[nH]c4cc(Cl)c(C(C)(C)C)cc34)nn2C)C1. The molecule has 174 valence electrons. The Labute approximate surface area is 197 Å². The van der Waals surface area contributed by atoms with Gasteiger partial charge in [0.1, 0.15) is 5.69 Å². The number of rotatable bonds is 6. The molecule has 0 radical (unpaired) electrons. The van der Waals surface area contributed by atoms with Crippen molar-refractivity contribution >= 4 is 40.1 Å². The second-order valence-electron chi connectivity index (χ2n) is 9.32. The van der Waals surface area contributed by atoms with E-state index in [0.717, 1.165) is 16.5 Å². The fourth-order valence-electron chi connectivity index (χ4n) is 3.89. The molecule has 2 amide bonds. The second kappa shape index (κ2) is 8.55. The molecule has 3 heterocycles. The minimum absolute atomic E-state index is 0.0721. The molecule has 1 fully saturated rings. The number of benzene rings is 1. The number of aromatic nitrogens is 4. The summed E-state index contributed by atoms with van der Waals surface area (Å²) in [5.41, 5.74) is 2.96. The number of amides is 2. The highest BCUT2D eigenvalue weighted by Gasteiger charge is 2.31. The van der Waals surface area contributed by atoms with E-state index < -0.39 is 0 Å². The van der Waals surface area contributed by atoms with Gasteiger partial charge in [0.15, 0.2) is 5.82 Å². The Morgan fingerprint density at radius 3 is 2.70 bits per heavy atom. The Balaban J connectivity index is 1.42. The predicted octanol–water partition coefficient (Wildman–Crippen LogP) is 2.99. The van der Waals surface area contributed by atoms with Crippen molar-refractivity contribution in [3.05, 3.63) is 52.8 Å². The van der Waals surface area contributed by atoms with Gasteiger partial charge >= 0.3 is 0 Å². The quantitative estimate of drug-likeness (QED) is 0.481. The molecular formula is C23H28ClN7O2. The maximum absolute atomic E-state index is 12.7. The maximum atomic E-state index is 12.7. The molecule has 3 N–H and O–H groups in total. The van der Waals surface area contributed by atoms with Crippen molar-refractivity contribution in [2.24, 2.45) is 7.05 Å². The van der Waals surface area contributed by atoms with E-state index in [1.807, 2.05) is 6.07 Å². The Kier molecular flexibility index (Phi) is 5.92. The summed E-state index contributed by atoms with van der Waals surface area (Å²) in [5, 5.41) is 19.7. The van der Waals surface area contributed by atoms with Crippen LogP contribution >= 0.6 is 11.6 Å². The second-order valence-corrected chi connectivity index (χ2v) is 9.72. The lowest BCUT2D eigenvalue weighted by Crippen LogP contribution is -2.60. The molecule has 4 rings (SSSR count). The summed E-state index contributed by atoms with van der Waals surface area (Å²) in [5.74, 6) is 0.351. The van der Waals surface area contributed by atoms with Gasteiger partial charge in [-0.2, -0.15) is 10.2 Å². The van der Waals surface area contributed by atoms with Gasteiger partial charge in [-0.3, -0.25) is 19.4 Å². The predicted molar refractivity (Wildman–Crippen MR) is 128 cm³/mol. The molecule has 1 aliphatic heterocycles. The van der Waals surface area contributed by atoms with Crippen LogP contribution in [-0.2, 0) is 23.8 Å². The average molecular weight is 470 g/mol. The van der Waals surface area contributed by atoms with Gasteiger partial charge < -0.3 is 15.5 Å². The van der Waals surface area contributed by atoms with E-state index >= 15 is 0 Å². The fraction of sp³-hybridized carbons (Fsp3) is 0.391. The molecule has 0 atom stereocenters. The zero-order chi connectivity index (χ0) is 23.9. The summed E-state index contributed by atoms with van der Waals surface area (Å²) in [4.78, 5) is 25.8. The first-order valence-corrected chi connectivity index (χ1v) is 11.1. The zero-order valence-electron chi connectivity index (χ0n) is 19.2. The van der Waals surface area contributed by atoms with Crippen molar-refractivity contribution in [1.82, 2.24) is 30.2 Å². The third-order valence-electron chi connectivity index (χ3n) is 5.76. The summed E-state index contributed by atoms with van der Waals surface area (Å²) in [6.07, 6.45) is 1.28. The van der Waals surface area contributed by atoms with E-state index in [1.54, 1.807) is 22.7 Å². The minimum Gasteiger partial charge on any atom is -0.362 e. The third-order valence-corrected chi connectivity index (χ3v) is 6.07. The zero-order valence-corrected chi connectivity index (χ0v) is 20.0. The summed E-state index contributed by atoms with van der Waals surface area (Å²) < 4.78 is 1.55. The standard InChI is InChI=1S/C23H28ClN7O2/c1-6-20(32)31-11-14(12-31)26-22(33)19-7-13(29-30(19)5)10-25-21-15-8-16(23(2,3)4)17(24)9-18(15)27-28-21/h6-9,14H,1,10-12H2,2-5H3,(H,26,33)(H2,25,27,28). The third kappa shape index (κ3) is 4.59. The molecule has 33 heavy (non-hydrogen) atoms. The Morgan fingerprint density at radius 1 is 1.30 bits per heavy atom. The van der Waals surface area contributed by atoms with Crippen LogP contribution in [0.25, 0.3) is 10.9 Å². The highest BCUT2D eigenvalue weighted by Crippen LogP contribution is 2.34. The van der Waals surface area contributed by atoms with Crippen LogP contribution < -0.4 is 10.6 Å². The minimum atomic E-state index is -0.221. The number of nitrogens with one attached hydrogen (secondary N) is 3. The first-order valence-electron chi connectivity index (χ1n) is 10.7. The molecule has 1 saturated heterocycles. The highest BCUT2D eigenvalue weighted by atomic mass is 35.5. The van der Waals surface area contributed by atoms with Crippen LogP contribution in [0.3, 0.4) is 0 Å². The maximum Gasteiger partial charge on any atom is 0.269 e. The first-order chi connectivity index (χ1) is 15.6. The van der Waals surface area contributed by atoms with Crippen molar-refractivity contribution < 1.29 is 9.59 Å². The van der Waals surface area contributed by atoms with Crippen molar-refractivity contribution in [3.63, 3.8) is 0 Å². The molecule has 1 aliphatic rings. The van der Waals surface area contributed by atoms with Crippen LogP contribution in [0.1, 0.15) is 42.5 Å². The number of carbonyl (C=O) groups excluding carboxylic acids is 2. The number of aromatic amines is 1. The first kappa shape index (κ1) is 22.8. The van der Waals surface area contributed by atoms with Gasteiger partial charge in [0, 0.05) is 30.5 Å². The lowest BCUT2D eigenvalue weighted by atomic mass is 9.86. The van der Waals surface area contributed by atoms with E-state index in [4.69, 9.17) is 11.6 Å². The summed E-state index contributed by atoms with van der Waals surface area (Å²) >= 11 is 6.46. The number of H-pyrrole nitrogens is 1. The number of aryl methyl sites for hydroxylation is 1. The Hall–Kier alpha value is -3.33. The van der Waals surface area contributed by atoms with Gasteiger partial charge in [-0.1, -0.05) is 39.0 Å². The van der Waals surface area contributed by atoms with Gasteiger partial charge in [0.2, 0.25) is 5.91 Å². The number of likely N-dealkylation sites (tertiary alicyclic amines) is 1. The number of halogens is 1. The molecular weight excluding hydrogens is 442 g/mol. The van der Waals surface area contributed by atoms with Crippen molar-refractivity contribution in [2.45, 2.75) is 38.8 Å². The van der Waals surface area contributed by atoms with Gasteiger partial charge in [-0.25, -0.2) is 0 Å². The molecule has 0 spiro atoms. The normalized spacial score (nSPS) is 14.3. The summed E-state index contributed by atoms with van der Waals surface area (Å²) in [7, 11) is 1.73. The van der Waals surface area contributed by atoms with Gasteiger partial charge in [0.05, 0.1) is 23.8 Å². The molecule has 3 aromatic rings. The van der Waals surface area contributed by atoms with E-state index in [9.17, 15) is 9.59 Å². The molecule has 0 bridgehead atoms. The number of hydrogen-bond acceptors (Lipinski definition) is 5. The number of fused-ring (bicyclic) bond motifs is 1.